The molecule has 2 N–H and O–H groups in total. The molecule has 2 aliphatic rings. The van der Waals surface area contributed by atoms with Crippen LogP contribution in [0.1, 0.15) is 56.1 Å². The van der Waals surface area contributed by atoms with Crippen LogP contribution in [-0.4, -0.2) is 18.9 Å². The van der Waals surface area contributed by atoms with Gasteiger partial charge in [0, 0.05) is 18.2 Å². The molecule has 30 heavy (non-hydrogen) atoms. The molecule has 0 heterocycles. The number of anilines is 1. The standard InChI is InChI=1S/C25H30N2O3/c1-30-22-7-5-6-18(16-22)17-26-24(29)25(14-3-2-4-15-25)20-10-12-21(13-11-20)27-23(28)19-8-9-19/h5-7,10-13,16,19H,2-4,8-9,14-15,17H2,1H3,(H,26,29)(H,27,28). The normalized spacial score (nSPS) is 17.8. The van der Waals surface area contributed by atoms with Gasteiger partial charge in [-0.3, -0.25) is 9.59 Å². The molecule has 0 aliphatic heterocycles. The number of carbonyl (C=O) groups is 2. The van der Waals surface area contributed by atoms with E-state index in [-0.39, 0.29) is 17.7 Å². The monoisotopic (exact) mass is 406 g/mol. The predicted molar refractivity (Wildman–Crippen MR) is 117 cm³/mol. The highest BCUT2D eigenvalue weighted by Gasteiger charge is 2.41. The number of carbonyl (C=O) groups excluding carboxylic acids is 2. The van der Waals surface area contributed by atoms with Crippen LogP contribution >= 0.6 is 0 Å². The first-order valence-corrected chi connectivity index (χ1v) is 10.9. The quantitative estimate of drug-likeness (QED) is 0.708. The second kappa shape index (κ2) is 8.90. The summed E-state index contributed by atoms with van der Waals surface area (Å²) in [5.41, 5.74) is 2.36. The number of nitrogens with one attached hydrogen (secondary N) is 2. The van der Waals surface area contributed by atoms with E-state index >= 15 is 0 Å². The fourth-order valence-electron chi connectivity index (χ4n) is 4.40. The molecule has 5 nitrogen and oxygen atoms in total. The van der Waals surface area contributed by atoms with Crippen LogP contribution in [0.3, 0.4) is 0 Å². The van der Waals surface area contributed by atoms with Crippen molar-refractivity contribution in [2.45, 2.75) is 56.9 Å². The van der Waals surface area contributed by atoms with Crippen LogP contribution in [0.4, 0.5) is 5.69 Å². The summed E-state index contributed by atoms with van der Waals surface area (Å²) < 4.78 is 5.28. The van der Waals surface area contributed by atoms with Crippen molar-refractivity contribution in [2.75, 3.05) is 12.4 Å². The van der Waals surface area contributed by atoms with Crippen LogP contribution in [0.15, 0.2) is 48.5 Å². The van der Waals surface area contributed by atoms with E-state index in [0.717, 1.165) is 61.1 Å². The van der Waals surface area contributed by atoms with Gasteiger partial charge >= 0.3 is 0 Å². The molecule has 0 aromatic heterocycles. The van der Waals surface area contributed by atoms with E-state index in [2.05, 4.69) is 10.6 Å². The number of hydrogen-bond acceptors (Lipinski definition) is 3. The molecular weight excluding hydrogens is 376 g/mol. The Labute approximate surface area is 178 Å². The number of methoxy groups -OCH3 is 1. The maximum atomic E-state index is 13.4. The largest absolute Gasteiger partial charge is 0.497 e. The smallest absolute Gasteiger partial charge is 0.230 e. The molecule has 158 valence electrons. The third-order valence-corrected chi connectivity index (χ3v) is 6.38. The lowest BCUT2D eigenvalue weighted by molar-refractivity contribution is -0.128. The lowest BCUT2D eigenvalue weighted by Crippen LogP contribution is -2.45. The van der Waals surface area contributed by atoms with Crippen molar-refractivity contribution in [3.63, 3.8) is 0 Å². The number of amides is 2. The van der Waals surface area contributed by atoms with Gasteiger partial charge in [0.05, 0.1) is 12.5 Å². The number of benzene rings is 2. The topological polar surface area (TPSA) is 67.4 Å². The maximum Gasteiger partial charge on any atom is 0.230 e. The molecule has 0 atom stereocenters. The van der Waals surface area contributed by atoms with Gasteiger partial charge in [-0.2, -0.15) is 0 Å². The second-order valence-electron chi connectivity index (χ2n) is 8.52. The van der Waals surface area contributed by atoms with E-state index in [1.54, 1.807) is 7.11 Å². The van der Waals surface area contributed by atoms with Crippen LogP contribution < -0.4 is 15.4 Å². The van der Waals surface area contributed by atoms with Gasteiger partial charge in [0.25, 0.3) is 0 Å². The molecule has 2 amide bonds. The van der Waals surface area contributed by atoms with Crippen molar-refractivity contribution < 1.29 is 14.3 Å². The summed E-state index contributed by atoms with van der Waals surface area (Å²) in [4.78, 5) is 25.4. The van der Waals surface area contributed by atoms with Gasteiger partial charge in [-0.15, -0.1) is 0 Å². The van der Waals surface area contributed by atoms with Gasteiger partial charge < -0.3 is 15.4 Å². The van der Waals surface area contributed by atoms with E-state index in [4.69, 9.17) is 4.74 Å². The Kier molecular flexibility index (Phi) is 6.07. The first kappa shape index (κ1) is 20.5. The van der Waals surface area contributed by atoms with Crippen LogP contribution in [0, 0.1) is 5.92 Å². The highest BCUT2D eigenvalue weighted by Crippen LogP contribution is 2.40. The van der Waals surface area contributed by atoms with Gasteiger partial charge in [-0.1, -0.05) is 43.5 Å². The average molecular weight is 407 g/mol. The zero-order valence-electron chi connectivity index (χ0n) is 17.6. The Morgan fingerprint density at radius 3 is 2.43 bits per heavy atom. The van der Waals surface area contributed by atoms with Crippen molar-refractivity contribution in [1.29, 1.82) is 0 Å². The zero-order chi connectivity index (χ0) is 21.0. The van der Waals surface area contributed by atoms with Crippen molar-refractivity contribution in [1.82, 2.24) is 5.32 Å². The molecule has 0 unspecified atom stereocenters. The molecule has 5 heteroatoms. The molecule has 2 aliphatic carbocycles. The predicted octanol–water partition coefficient (Wildman–Crippen LogP) is 4.56. The van der Waals surface area contributed by atoms with Gasteiger partial charge in [-0.05, 0) is 61.1 Å². The number of rotatable bonds is 7. The maximum absolute atomic E-state index is 13.4. The van der Waals surface area contributed by atoms with Crippen molar-refractivity contribution in [2.24, 2.45) is 5.92 Å². The first-order valence-electron chi connectivity index (χ1n) is 10.9. The third kappa shape index (κ3) is 4.50. The van der Waals surface area contributed by atoms with E-state index in [9.17, 15) is 9.59 Å². The molecular formula is C25H30N2O3. The van der Waals surface area contributed by atoms with Crippen molar-refractivity contribution in [3.05, 3.63) is 59.7 Å². The highest BCUT2D eigenvalue weighted by molar-refractivity contribution is 5.94. The van der Waals surface area contributed by atoms with Crippen molar-refractivity contribution in [3.8, 4) is 5.75 Å². The Morgan fingerprint density at radius 1 is 1.03 bits per heavy atom. The Bertz CT molecular complexity index is 897. The summed E-state index contributed by atoms with van der Waals surface area (Å²) >= 11 is 0. The minimum atomic E-state index is -0.504. The van der Waals surface area contributed by atoms with Crippen molar-refractivity contribution >= 4 is 17.5 Å². The first-order chi connectivity index (χ1) is 14.6. The van der Waals surface area contributed by atoms with Gasteiger partial charge in [0.15, 0.2) is 0 Å². The second-order valence-corrected chi connectivity index (χ2v) is 8.52. The fraction of sp³-hybridized carbons (Fsp3) is 0.440. The van der Waals surface area contributed by atoms with Crippen LogP contribution in [0.5, 0.6) is 5.75 Å². The minimum absolute atomic E-state index is 0.0831. The van der Waals surface area contributed by atoms with Gasteiger partial charge in [0.2, 0.25) is 11.8 Å². The molecule has 0 bridgehead atoms. The lowest BCUT2D eigenvalue weighted by atomic mass is 9.68. The van der Waals surface area contributed by atoms with Gasteiger partial charge in [0.1, 0.15) is 5.75 Å². The van der Waals surface area contributed by atoms with E-state index in [1.807, 2.05) is 48.5 Å². The van der Waals surface area contributed by atoms with E-state index < -0.39 is 5.41 Å². The van der Waals surface area contributed by atoms with E-state index in [0.29, 0.717) is 6.54 Å². The molecule has 4 rings (SSSR count). The molecule has 2 aromatic rings. The fourth-order valence-corrected chi connectivity index (χ4v) is 4.40. The van der Waals surface area contributed by atoms with Crippen LogP contribution in [0.2, 0.25) is 0 Å². The Balaban J connectivity index is 1.48. The molecule has 2 saturated carbocycles. The average Bonchev–Trinajstić information content (AvgIpc) is 3.64. The summed E-state index contributed by atoms with van der Waals surface area (Å²) in [6, 6.07) is 15.7. The number of hydrogen-bond donors (Lipinski definition) is 2. The zero-order valence-corrected chi connectivity index (χ0v) is 17.6. The summed E-state index contributed by atoms with van der Waals surface area (Å²) in [7, 11) is 1.64. The molecule has 2 aromatic carbocycles. The Hall–Kier alpha value is -2.82. The number of ether oxygens (including phenoxy) is 1. The minimum Gasteiger partial charge on any atom is -0.497 e. The summed E-state index contributed by atoms with van der Waals surface area (Å²) in [5, 5.41) is 6.15. The SMILES string of the molecule is COc1cccc(CNC(=O)C2(c3ccc(NC(=O)C4CC4)cc3)CCCCC2)c1. The summed E-state index contributed by atoms with van der Waals surface area (Å²) in [6.07, 6.45) is 6.94. The van der Waals surface area contributed by atoms with Gasteiger partial charge in [-0.25, -0.2) is 0 Å². The third-order valence-electron chi connectivity index (χ3n) is 6.38. The van der Waals surface area contributed by atoms with Crippen LogP contribution in [0.25, 0.3) is 0 Å². The highest BCUT2D eigenvalue weighted by atomic mass is 16.5. The molecule has 0 saturated heterocycles. The summed E-state index contributed by atoms with van der Waals surface area (Å²) in [6.45, 7) is 0.479. The molecule has 0 radical (unpaired) electrons. The molecule has 0 spiro atoms. The molecule has 2 fully saturated rings. The summed E-state index contributed by atoms with van der Waals surface area (Å²) in [5.74, 6) is 1.15. The van der Waals surface area contributed by atoms with E-state index in [1.165, 1.54) is 6.42 Å². The van der Waals surface area contributed by atoms with Crippen LogP contribution in [-0.2, 0) is 21.5 Å². The Morgan fingerprint density at radius 2 is 1.77 bits per heavy atom. The lowest BCUT2D eigenvalue weighted by Gasteiger charge is -2.36.